The molecule has 1 aliphatic carbocycles. The van der Waals surface area contributed by atoms with E-state index in [9.17, 15) is 14.8 Å². The monoisotopic (exact) mass is 299 g/mol. The molecule has 0 aliphatic heterocycles. The Morgan fingerprint density at radius 1 is 1.36 bits per heavy atom. The van der Waals surface area contributed by atoms with Crippen molar-refractivity contribution in [3.63, 3.8) is 0 Å². The average Bonchev–Trinajstić information content (AvgIpc) is 2.47. The molecule has 4 nitrogen and oxygen atoms in total. The third-order valence-electron chi connectivity index (χ3n) is 4.87. The quantitative estimate of drug-likeness (QED) is 0.660. The van der Waals surface area contributed by atoms with Crippen LogP contribution in [0.1, 0.15) is 56.0 Å². The average molecular weight is 299 g/mol. The molecule has 0 heterocycles. The van der Waals surface area contributed by atoms with E-state index in [2.05, 4.69) is 17.0 Å². The molecule has 4 heteroatoms. The molecule has 2 unspecified atom stereocenters. The van der Waals surface area contributed by atoms with Crippen LogP contribution in [0, 0.1) is 28.1 Å². The first-order valence-electron chi connectivity index (χ1n) is 7.54. The Morgan fingerprint density at radius 2 is 2.05 bits per heavy atom. The van der Waals surface area contributed by atoms with Gasteiger partial charge in [-0.1, -0.05) is 51.2 Å². The van der Waals surface area contributed by atoms with Crippen LogP contribution in [-0.4, -0.2) is 16.6 Å². The Balaban J connectivity index is 2.52. The number of hydrogen-bond acceptors (Lipinski definition) is 3. The smallest absolute Gasteiger partial charge is 0.336 e. The highest BCUT2D eigenvalue weighted by Gasteiger charge is 2.52. The van der Waals surface area contributed by atoms with Crippen LogP contribution in [-0.2, 0) is 0 Å². The van der Waals surface area contributed by atoms with E-state index in [1.54, 1.807) is 18.2 Å². The molecule has 0 radical (unpaired) electrons. The lowest BCUT2D eigenvalue weighted by Crippen LogP contribution is -2.49. The van der Waals surface area contributed by atoms with Gasteiger partial charge >= 0.3 is 5.97 Å². The van der Waals surface area contributed by atoms with Crippen LogP contribution in [0.5, 0.6) is 0 Å². The molecule has 2 atom stereocenters. The molecule has 0 saturated heterocycles. The number of hydrogen-bond donors (Lipinski definition) is 1. The van der Waals surface area contributed by atoms with E-state index in [4.69, 9.17) is 0 Å². The van der Waals surface area contributed by atoms with Crippen LogP contribution in [0.3, 0.4) is 0 Å². The number of benzene rings is 1. The van der Waals surface area contributed by atoms with E-state index < -0.39 is 11.5 Å². The zero-order chi connectivity index (χ0) is 16.4. The van der Waals surface area contributed by atoms with Crippen LogP contribution in [0.25, 0.3) is 0 Å². The maximum absolute atomic E-state index is 11.7. The van der Waals surface area contributed by atoms with Gasteiger partial charge in [-0.3, -0.25) is 0 Å². The van der Waals surface area contributed by atoms with Gasteiger partial charge in [-0.2, -0.15) is 0 Å². The maximum atomic E-state index is 11.7. The lowest BCUT2D eigenvalue weighted by molar-refractivity contribution is 0.0696. The van der Waals surface area contributed by atoms with Crippen molar-refractivity contribution in [1.82, 2.24) is 0 Å². The van der Waals surface area contributed by atoms with Crippen molar-refractivity contribution in [2.45, 2.75) is 45.6 Å². The van der Waals surface area contributed by atoms with Crippen LogP contribution >= 0.6 is 0 Å². The Kier molecular flexibility index (Phi) is 4.37. The summed E-state index contributed by atoms with van der Waals surface area (Å²) in [6.07, 6.45) is 2.85. The third-order valence-corrected chi connectivity index (χ3v) is 4.87. The van der Waals surface area contributed by atoms with Gasteiger partial charge in [0, 0.05) is 11.0 Å². The maximum Gasteiger partial charge on any atom is 0.336 e. The molecular formula is C18H21NO3. The molecule has 2 rings (SSSR count). The van der Waals surface area contributed by atoms with Crippen molar-refractivity contribution in [3.8, 4) is 11.8 Å². The Labute approximate surface area is 130 Å². The largest absolute Gasteiger partial charge is 0.478 e. The van der Waals surface area contributed by atoms with E-state index >= 15 is 0 Å². The van der Waals surface area contributed by atoms with Crippen molar-refractivity contribution in [2.24, 2.45) is 16.5 Å². The number of rotatable bonds is 2. The molecule has 0 amide bonds. The highest BCUT2D eigenvalue weighted by molar-refractivity contribution is 5.90. The summed E-state index contributed by atoms with van der Waals surface area (Å²) in [5.74, 6) is 5.00. The number of aromatic carboxylic acids is 1. The number of nitroso groups, excluding NO2 is 1. The Morgan fingerprint density at radius 3 is 2.64 bits per heavy atom. The first-order chi connectivity index (χ1) is 10.3. The molecular weight excluding hydrogens is 278 g/mol. The van der Waals surface area contributed by atoms with E-state index in [0.717, 1.165) is 19.3 Å². The molecule has 0 bridgehead atoms. The predicted molar refractivity (Wildman–Crippen MR) is 85.6 cm³/mol. The predicted octanol–water partition coefficient (Wildman–Crippen LogP) is 4.09. The van der Waals surface area contributed by atoms with Gasteiger partial charge in [0.1, 0.15) is 0 Å². The third kappa shape index (κ3) is 2.64. The van der Waals surface area contributed by atoms with Crippen LogP contribution in [0.2, 0.25) is 0 Å². The zero-order valence-corrected chi connectivity index (χ0v) is 13.2. The van der Waals surface area contributed by atoms with E-state index in [1.165, 1.54) is 6.07 Å². The molecule has 0 spiro atoms. The van der Waals surface area contributed by atoms with Gasteiger partial charge in [-0.05, 0) is 36.1 Å². The highest BCUT2D eigenvalue weighted by atomic mass is 16.4. The molecule has 1 fully saturated rings. The molecule has 116 valence electrons. The highest BCUT2D eigenvalue weighted by Crippen LogP contribution is 2.49. The second-order valence-corrected chi connectivity index (χ2v) is 6.64. The van der Waals surface area contributed by atoms with Gasteiger partial charge in [-0.15, -0.1) is 4.91 Å². The van der Waals surface area contributed by atoms with Crippen LogP contribution < -0.4 is 0 Å². The standard InChI is InChI=1S/C18H21NO3/c1-13-7-6-11-17(2,3)18(13,19-22)12-10-14-8-4-5-9-15(14)16(20)21/h4-5,8-9,13H,6-7,11H2,1-3H3,(H,20,21). The molecule has 0 aromatic heterocycles. The second-order valence-electron chi connectivity index (χ2n) is 6.64. The van der Waals surface area contributed by atoms with Gasteiger partial charge < -0.3 is 5.11 Å². The molecule has 1 aliphatic rings. The second kappa shape index (κ2) is 5.92. The number of carboxylic acids is 1. The fourth-order valence-electron chi connectivity index (χ4n) is 3.39. The molecule has 22 heavy (non-hydrogen) atoms. The number of carboxylic acid groups (broad SMARTS) is 1. The SMILES string of the molecule is CC1CCCC(C)(C)C1(C#Cc1ccccc1C(=O)O)N=O. The zero-order valence-electron chi connectivity index (χ0n) is 13.2. The Bertz CT molecular complexity index is 654. The van der Waals surface area contributed by atoms with Crippen molar-refractivity contribution < 1.29 is 9.90 Å². The van der Waals surface area contributed by atoms with Crippen molar-refractivity contribution in [2.75, 3.05) is 0 Å². The minimum atomic E-state index is -1.02. The van der Waals surface area contributed by atoms with Gasteiger partial charge in [0.2, 0.25) is 0 Å². The first kappa shape index (κ1) is 16.2. The Hall–Kier alpha value is -2.15. The lowest BCUT2D eigenvalue weighted by Gasteiger charge is -2.45. The minimum Gasteiger partial charge on any atom is -0.478 e. The summed E-state index contributed by atoms with van der Waals surface area (Å²) in [6.45, 7) is 6.03. The summed E-state index contributed by atoms with van der Waals surface area (Å²) in [7, 11) is 0. The molecule has 1 saturated carbocycles. The number of nitrogens with zero attached hydrogens (tertiary/aromatic N) is 1. The van der Waals surface area contributed by atoms with Gasteiger partial charge in [-0.25, -0.2) is 4.79 Å². The molecule has 1 N–H and O–H groups in total. The summed E-state index contributed by atoms with van der Waals surface area (Å²) in [5, 5.41) is 12.7. The summed E-state index contributed by atoms with van der Waals surface area (Å²) in [6, 6.07) is 6.58. The van der Waals surface area contributed by atoms with Crippen LogP contribution in [0.15, 0.2) is 29.4 Å². The van der Waals surface area contributed by atoms with E-state index in [1.807, 2.05) is 20.8 Å². The number of carbonyl (C=O) groups is 1. The normalized spacial score (nSPS) is 26.6. The fourth-order valence-corrected chi connectivity index (χ4v) is 3.39. The fraction of sp³-hybridized carbons (Fsp3) is 0.500. The van der Waals surface area contributed by atoms with Crippen molar-refractivity contribution >= 4 is 5.97 Å². The van der Waals surface area contributed by atoms with Gasteiger partial charge in [0.15, 0.2) is 5.54 Å². The van der Waals surface area contributed by atoms with Crippen molar-refractivity contribution in [3.05, 3.63) is 40.3 Å². The van der Waals surface area contributed by atoms with Gasteiger partial charge in [0.25, 0.3) is 0 Å². The lowest BCUT2D eigenvalue weighted by atomic mass is 9.59. The van der Waals surface area contributed by atoms with E-state index in [-0.39, 0.29) is 16.9 Å². The summed E-state index contributed by atoms with van der Waals surface area (Å²) < 4.78 is 0. The topological polar surface area (TPSA) is 66.7 Å². The molecule has 1 aromatic carbocycles. The summed E-state index contributed by atoms with van der Waals surface area (Å²) >= 11 is 0. The summed E-state index contributed by atoms with van der Waals surface area (Å²) in [4.78, 5) is 22.9. The van der Waals surface area contributed by atoms with Crippen LogP contribution in [0.4, 0.5) is 0 Å². The molecule has 1 aromatic rings. The van der Waals surface area contributed by atoms with Gasteiger partial charge in [0.05, 0.1) is 5.56 Å². The first-order valence-corrected chi connectivity index (χ1v) is 7.54. The minimum absolute atomic E-state index is 0.0539. The van der Waals surface area contributed by atoms with E-state index in [0.29, 0.717) is 5.56 Å². The van der Waals surface area contributed by atoms with Crippen molar-refractivity contribution in [1.29, 1.82) is 0 Å². The summed E-state index contributed by atoms with van der Waals surface area (Å²) in [5.41, 5.74) is -0.724.